The molecule has 0 aliphatic rings. The Bertz CT molecular complexity index is 505. The fraction of sp³-hybridized carbons (Fsp3) is 0.636. The molecular formula is C11H17N3O5. The number of nitrogens with one attached hydrogen (secondary N) is 1. The number of carbonyl (C=O) groups is 2. The van der Waals surface area contributed by atoms with Crippen molar-refractivity contribution in [1.29, 1.82) is 0 Å². The summed E-state index contributed by atoms with van der Waals surface area (Å²) in [6, 6.07) is -0.891. The fourth-order valence-corrected chi connectivity index (χ4v) is 1.71. The van der Waals surface area contributed by atoms with Gasteiger partial charge in [-0.3, -0.25) is 13.9 Å². The maximum absolute atomic E-state index is 11.2. The second-order valence-corrected chi connectivity index (χ2v) is 4.23. The molecule has 1 amide bonds. The summed E-state index contributed by atoms with van der Waals surface area (Å²) in [5, 5.41) is 14.8. The number of carboxylic acids is 1. The van der Waals surface area contributed by atoms with E-state index in [0.29, 0.717) is 31.6 Å². The van der Waals surface area contributed by atoms with Crippen LogP contribution < -0.4 is 11.1 Å². The van der Waals surface area contributed by atoms with Crippen LogP contribution in [0.1, 0.15) is 32.0 Å². The van der Waals surface area contributed by atoms with Crippen LogP contribution in [0.3, 0.4) is 0 Å². The molecule has 1 heterocycles. The number of rotatable bonds is 7. The molecule has 1 unspecified atom stereocenters. The average Bonchev–Trinajstić information content (AvgIpc) is 2.63. The van der Waals surface area contributed by atoms with Crippen molar-refractivity contribution in [2.24, 2.45) is 0 Å². The highest BCUT2D eigenvalue weighted by atomic mass is 16.5. The van der Waals surface area contributed by atoms with Gasteiger partial charge in [0.25, 0.3) is 0 Å². The van der Waals surface area contributed by atoms with Crippen molar-refractivity contribution in [3.63, 3.8) is 0 Å². The molecule has 0 bridgehead atoms. The van der Waals surface area contributed by atoms with Gasteiger partial charge in [-0.15, -0.1) is 0 Å². The lowest BCUT2D eigenvalue weighted by Crippen LogP contribution is -2.39. The van der Waals surface area contributed by atoms with Crippen molar-refractivity contribution >= 4 is 11.9 Å². The molecule has 1 aromatic heterocycles. The Morgan fingerprint density at radius 3 is 2.63 bits per heavy atom. The van der Waals surface area contributed by atoms with Crippen LogP contribution in [0.5, 0.6) is 0 Å². The molecule has 0 saturated carbocycles. The third-order valence-corrected chi connectivity index (χ3v) is 2.67. The van der Waals surface area contributed by atoms with Crippen molar-refractivity contribution in [3.8, 4) is 0 Å². The van der Waals surface area contributed by atoms with Crippen molar-refractivity contribution in [3.05, 3.63) is 16.4 Å². The second-order valence-electron chi connectivity index (χ2n) is 4.23. The van der Waals surface area contributed by atoms with Crippen molar-refractivity contribution in [2.75, 3.05) is 0 Å². The monoisotopic (exact) mass is 271 g/mol. The van der Waals surface area contributed by atoms with Crippen LogP contribution in [0.15, 0.2) is 9.32 Å². The van der Waals surface area contributed by atoms with Gasteiger partial charge in [-0.2, -0.15) is 0 Å². The van der Waals surface area contributed by atoms with Gasteiger partial charge in [0.2, 0.25) is 5.91 Å². The van der Waals surface area contributed by atoms with Gasteiger partial charge in [0, 0.05) is 13.5 Å². The van der Waals surface area contributed by atoms with Gasteiger partial charge in [0.1, 0.15) is 6.04 Å². The Hall–Kier alpha value is -2.12. The summed E-state index contributed by atoms with van der Waals surface area (Å²) in [7, 11) is 0. The van der Waals surface area contributed by atoms with E-state index in [4.69, 9.17) is 5.11 Å². The molecule has 2 N–H and O–H groups in total. The molecule has 19 heavy (non-hydrogen) atoms. The van der Waals surface area contributed by atoms with Gasteiger partial charge >= 0.3 is 11.7 Å². The van der Waals surface area contributed by atoms with Gasteiger partial charge < -0.3 is 10.4 Å². The first-order valence-corrected chi connectivity index (χ1v) is 5.95. The lowest BCUT2D eigenvalue weighted by molar-refractivity contribution is -0.141. The van der Waals surface area contributed by atoms with E-state index in [-0.39, 0.29) is 5.91 Å². The Kier molecular flexibility index (Phi) is 5.28. The number of aliphatic carboxylic acids is 1. The molecule has 1 rings (SSSR count). The molecular weight excluding hydrogens is 254 g/mol. The highest BCUT2D eigenvalue weighted by molar-refractivity contribution is 5.81. The van der Waals surface area contributed by atoms with Crippen LogP contribution in [0.4, 0.5) is 0 Å². The first-order chi connectivity index (χ1) is 8.91. The Labute approximate surface area is 109 Å². The molecule has 0 fully saturated rings. The highest BCUT2D eigenvalue weighted by Gasteiger charge is 2.17. The zero-order valence-corrected chi connectivity index (χ0v) is 10.9. The summed E-state index contributed by atoms with van der Waals surface area (Å²) in [6.45, 7) is 3.35. The number of aryl methyl sites for hydroxylation is 1. The molecule has 0 radical (unpaired) electrons. The van der Waals surface area contributed by atoms with Crippen LogP contribution >= 0.6 is 0 Å². The molecule has 0 aliphatic carbocycles. The van der Waals surface area contributed by atoms with Crippen LogP contribution in [0.25, 0.3) is 0 Å². The van der Waals surface area contributed by atoms with Crippen molar-refractivity contribution in [2.45, 2.75) is 45.7 Å². The van der Waals surface area contributed by atoms with E-state index >= 15 is 0 Å². The average molecular weight is 271 g/mol. The summed E-state index contributed by atoms with van der Waals surface area (Å²) in [5.41, 5.74) is 0. The number of hydrogen-bond acceptors (Lipinski definition) is 5. The number of carbonyl (C=O) groups excluding carboxylic acids is 1. The number of carboxylic acid groups (broad SMARTS) is 1. The molecule has 1 atom stereocenters. The fourth-order valence-electron chi connectivity index (χ4n) is 1.71. The first-order valence-electron chi connectivity index (χ1n) is 5.95. The molecule has 0 saturated heterocycles. The zero-order valence-electron chi connectivity index (χ0n) is 10.9. The number of hydrogen-bond donors (Lipinski definition) is 2. The Morgan fingerprint density at radius 2 is 2.16 bits per heavy atom. The summed E-state index contributed by atoms with van der Waals surface area (Å²) in [5.74, 6) is -1.47. The summed E-state index contributed by atoms with van der Waals surface area (Å²) in [6.07, 6.45) is 1.48. The quantitative estimate of drug-likeness (QED) is 0.669. The predicted molar refractivity (Wildman–Crippen MR) is 64.6 cm³/mol. The summed E-state index contributed by atoms with van der Waals surface area (Å²) < 4.78 is 5.85. The largest absolute Gasteiger partial charge is 0.480 e. The van der Waals surface area contributed by atoms with Crippen LogP contribution in [-0.4, -0.2) is 32.7 Å². The molecule has 8 heteroatoms. The van der Waals surface area contributed by atoms with Crippen molar-refractivity contribution in [1.82, 2.24) is 15.0 Å². The van der Waals surface area contributed by atoms with E-state index in [1.807, 2.05) is 0 Å². The third-order valence-electron chi connectivity index (χ3n) is 2.67. The van der Waals surface area contributed by atoms with Crippen LogP contribution in [-0.2, 0) is 16.1 Å². The topological polar surface area (TPSA) is 114 Å². The maximum atomic E-state index is 11.2. The zero-order chi connectivity index (χ0) is 14.4. The van der Waals surface area contributed by atoms with Gasteiger partial charge in [-0.05, 0) is 26.2 Å². The standard InChI is InChI=1S/C11H17N3O5/c1-7-13-19-11(18)14(7)6-4-3-5-9(10(16)17)12-8(2)15/h9H,3-6H2,1-2H3,(H,12,15)(H,16,17). The van der Waals surface area contributed by atoms with E-state index < -0.39 is 17.8 Å². The third kappa shape index (κ3) is 4.57. The molecule has 1 aromatic rings. The number of nitrogens with zero attached hydrogens (tertiary/aromatic N) is 2. The molecule has 0 aromatic carbocycles. The van der Waals surface area contributed by atoms with E-state index in [0.717, 1.165) is 0 Å². The minimum atomic E-state index is -1.06. The van der Waals surface area contributed by atoms with Gasteiger partial charge in [-0.1, -0.05) is 5.16 Å². The van der Waals surface area contributed by atoms with Gasteiger partial charge in [0.05, 0.1) is 0 Å². The Morgan fingerprint density at radius 1 is 1.47 bits per heavy atom. The van der Waals surface area contributed by atoms with E-state index in [1.165, 1.54) is 11.5 Å². The van der Waals surface area contributed by atoms with Crippen LogP contribution in [0, 0.1) is 6.92 Å². The van der Waals surface area contributed by atoms with Crippen LogP contribution in [0.2, 0.25) is 0 Å². The SMILES string of the molecule is CC(=O)NC(CCCCn1c(C)noc1=O)C(=O)O. The highest BCUT2D eigenvalue weighted by Crippen LogP contribution is 2.04. The predicted octanol–water partition coefficient (Wildman–Crippen LogP) is -0.0957. The number of aromatic nitrogens is 2. The lowest BCUT2D eigenvalue weighted by Gasteiger charge is -2.12. The maximum Gasteiger partial charge on any atom is 0.441 e. The molecule has 0 spiro atoms. The first kappa shape index (κ1) is 14.9. The minimum Gasteiger partial charge on any atom is -0.480 e. The number of unbranched alkanes of at least 4 members (excludes halogenated alkanes) is 1. The lowest BCUT2D eigenvalue weighted by atomic mass is 10.1. The smallest absolute Gasteiger partial charge is 0.441 e. The second kappa shape index (κ2) is 6.72. The summed E-state index contributed by atoms with van der Waals surface area (Å²) in [4.78, 5) is 32.9. The molecule has 8 nitrogen and oxygen atoms in total. The molecule has 0 aliphatic heterocycles. The van der Waals surface area contributed by atoms with Gasteiger partial charge in [-0.25, -0.2) is 9.59 Å². The summed E-state index contributed by atoms with van der Waals surface area (Å²) >= 11 is 0. The van der Waals surface area contributed by atoms with E-state index in [9.17, 15) is 14.4 Å². The van der Waals surface area contributed by atoms with E-state index in [2.05, 4.69) is 15.0 Å². The number of amides is 1. The van der Waals surface area contributed by atoms with Crippen molar-refractivity contribution < 1.29 is 19.2 Å². The van der Waals surface area contributed by atoms with E-state index in [1.54, 1.807) is 6.92 Å². The normalized spacial score (nSPS) is 12.1. The Balaban J connectivity index is 2.39. The molecule has 106 valence electrons. The van der Waals surface area contributed by atoms with Gasteiger partial charge in [0.15, 0.2) is 5.82 Å². The minimum absolute atomic E-state index is 0.313.